The maximum Gasteiger partial charge on any atom is 0.384 e. The molecular weight excluding hydrogens is 214 g/mol. The monoisotopic (exact) mass is 225 g/mol. The smallest absolute Gasteiger partial charge is 0.384 e. The summed E-state index contributed by atoms with van der Waals surface area (Å²) >= 11 is 0. The van der Waals surface area contributed by atoms with Gasteiger partial charge in [-0.2, -0.15) is 0 Å². The minimum atomic E-state index is -0.861. The van der Waals surface area contributed by atoms with E-state index in [1.165, 1.54) is 6.33 Å². The number of nitro groups is 1. The molecule has 7 heteroatoms. The fraction of sp³-hybridized carbons (Fsp3) is 0.556. The van der Waals surface area contributed by atoms with Gasteiger partial charge in [0, 0.05) is 13.0 Å². The number of aromatic nitrogens is 2. The number of carbonyl (C=O) groups is 1. The van der Waals surface area contributed by atoms with E-state index >= 15 is 0 Å². The fourth-order valence-electron chi connectivity index (χ4n) is 2.07. The van der Waals surface area contributed by atoms with Gasteiger partial charge in [0.05, 0.1) is 0 Å². The highest BCUT2D eigenvalue weighted by Crippen LogP contribution is 2.28. The molecule has 0 aliphatic carbocycles. The highest BCUT2D eigenvalue weighted by Gasteiger charge is 2.29. The zero-order valence-corrected chi connectivity index (χ0v) is 8.50. The summed E-state index contributed by atoms with van der Waals surface area (Å²) in [6.07, 6.45) is 2.65. The lowest BCUT2D eigenvalue weighted by molar-refractivity contribution is -0.390. The molecule has 2 rings (SSSR count). The van der Waals surface area contributed by atoms with Crippen LogP contribution in [0.15, 0.2) is 6.33 Å². The molecule has 1 unspecified atom stereocenters. The van der Waals surface area contributed by atoms with Gasteiger partial charge in [0.1, 0.15) is 5.69 Å². The van der Waals surface area contributed by atoms with Crippen molar-refractivity contribution in [3.05, 3.63) is 22.1 Å². The van der Waals surface area contributed by atoms with Crippen molar-refractivity contribution < 1.29 is 14.8 Å². The van der Waals surface area contributed by atoms with Crippen LogP contribution in [-0.4, -0.2) is 25.6 Å². The lowest BCUT2D eigenvalue weighted by Gasteiger charge is -2.20. The number of rotatable bonds is 3. The van der Waals surface area contributed by atoms with Gasteiger partial charge in [-0.15, -0.1) is 0 Å². The molecule has 86 valence electrons. The van der Waals surface area contributed by atoms with Crippen molar-refractivity contribution >= 4 is 11.8 Å². The molecule has 0 radical (unpaired) electrons. The van der Waals surface area contributed by atoms with Crippen LogP contribution in [0.5, 0.6) is 0 Å². The van der Waals surface area contributed by atoms with Gasteiger partial charge in [0.2, 0.25) is 6.33 Å². The third-order valence-electron chi connectivity index (χ3n) is 2.82. The molecule has 1 aliphatic heterocycles. The van der Waals surface area contributed by atoms with Crippen LogP contribution in [0.3, 0.4) is 0 Å². The molecule has 0 aromatic carbocycles. The van der Waals surface area contributed by atoms with Crippen molar-refractivity contribution in [3.63, 3.8) is 0 Å². The molecular formula is C9H11N3O4. The molecule has 0 amide bonds. The number of hydrogen-bond acceptors (Lipinski definition) is 4. The van der Waals surface area contributed by atoms with E-state index in [0.717, 1.165) is 6.42 Å². The van der Waals surface area contributed by atoms with E-state index in [2.05, 4.69) is 4.98 Å². The molecule has 0 bridgehead atoms. The fourth-order valence-corrected chi connectivity index (χ4v) is 2.07. The van der Waals surface area contributed by atoms with E-state index in [4.69, 9.17) is 5.11 Å². The number of carboxylic acids is 1. The Labute approximate surface area is 90.9 Å². The number of aryl methyl sites for hydroxylation is 1. The van der Waals surface area contributed by atoms with Crippen LogP contribution in [0.4, 0.5) is 5.82 Å². The summed E-state index contributed by atoms with van der Waals surface area (Å²) in [4.78, 5) is 24.5. The zero-order chi connectivity index (χ0) is 11.7. The molecule has 1 aliphatic rings. The number of imidazole rings is 1. The van der Waals surface area contributed by atoms with Crippen molar-refractivity contribution in [2.45, 2.75) is 25.8 Å². The molecule has 0 saturated carbocycles. The van der Waals surface area contributed by atoms with Crippen molar-refractivity contribution in [1.29, 1.82) is 0 Å². The van der Waals surface area contributed by atoms with E-state index < -0.39 is 10.9 Å². The predicted octanol–water partition coefficient (Wildman–Crippen LogP) is 0.828. The summed E-state index contributed by atoms with van der Waals surface area (Å²) < 4.78 is 1.73. The maximum absolute atomic E-state index is 10.7. The van der Waals surface area contributed by atoms with Gasteiger partial charge in [0.25, 0.3) is 0 Å². The summed E-state index contributed by atoms with van der Waals surface area (Å²) in [5.41, 5.74) is 0.544. The van der Waals surface area contributed by atoms with Gasteiger partial charge in [-0.3, -0.25) is 4.79 Å². The van der Waals surface area contributed by atoms with Crippen LogP contribution in [0.2, 0.25) is 0 Å². The van der Waals surface area contributed by atoms with Gasteiger partial charge >= 0.3 is 11.8 Å². The molecule has 2 heterocycles. The highest BCUT2D eigenvalue weighted by molar-refractivity contribution is 5.67. The zero-order valence-electron chi connectivity index (χ0n) is 8.50. The van der Waals surface area contributed by atoms with Crippen molar-refractivity contribution in [3.8, 4) is 0 Å². The Kier molecular flexibility index (Phi) is 2.59. The average Bonchev–Trinajstić information content (AvgIpc) is 2.59. The summed E-state index contributed by atoms with van der Waals surface area (Å²) in [5, 5.41) is 19.4. The first-order valence-electron chi connectivity index (χ1n) is 4.98. The molecule has 1 aromatic rings. The molecule has 16 heavy (non-hydrogen) atoms. The van der Waals surface area contributed by atoms with E-state index in [1.807, 2.05) is 0 Å². The summed E-state index contributed by atoms with van der Waals surface area (Å²) in [6.45, 7) is 0.605. The second-order valence-electron chi connectivity index (χ2n) is 3.92. The third kappa shape index (κ3) is 1.88. The predicted molar refractivity (Wildman–Crippen MR) is 52.9 cm³/mol. The van der Waals surface area contributed by atoms with Crippen LogP contribution in [0.1, 0.15) is 18.5 Å². The maximum atomic E-state index is 10.7. The standard InChI is InChI=1S/C9H11N3O4/c13-8(14)4-6-1-2-11-5-10-9(12(15)16)7(11)3-6/h5-6H,1-4H2,(H,13,14). The van der Waals surface area contributed by atoms with Crippen LogP contribution < -0.4 is 0 Å². The summed E-state index contributed by atoms with van der Waals surface area (Å²) in [5.74, 6) is -1.03. The average molecular weight is 225 g/mol. The van der Waals surface area contributed by atoms with Crippen molar-refractivity contribution in [2.75, 3.05) is 0 Å². The van der Waals surface area contributed by atoms with Gasteiger partial charge < -0.3 is 19.8 Å². The van der Waals surface area contributed by atoms with Gasteiger partial charge in [-0.05, 0) is 28.7 Å². The van der Waals surface area contributed by atoms with Gasteiger partial charge in [0.15, 0.2) is 0 Å². The Morgan fingerprint density at radius 1 is 1.75 bits per heavy atom. The van der Waals surface area contributed by atoms with E-state index in [1.54, 1.807) is 4.57 Å². The van der Waals surface area contributed by atoms with E-state index in [9.17, 15) is 14.9 Å². The van der Waals surface area contributed by atoms with E-state index in [-0.39, 0.29) is 18.2 Å². The van der Waals surface area contributed by atoms with Crippen molar-refractivity contribution in [1.82, 2.24) is 9.55 Å². The van der Waals surface area contributed by atoms with Crippen LogP contribution in [0, 0.1) is 16.0 Å². The number of fused-ring (bicyclic) bond motifs is 1. The van der Waals surface area contributed by atoms with Crippen molar-refractivity contribution in [2.24, 2.45) is 5.92 Å². The normalized spacial score (nSPS) is 19.1. The lowest BCUT2D eigenvalue weighted by atomic mass is 9.93. The first-order chi connectivity index (χ1) is 7.58. The Morgan fingerprint density at radius 2 is 2.50 bits per heavy atom. The second-order valence-corrected chi connectivity index (χ2v) is 3.92. The summed E-state index contributed by atoms with van der Waals surface area (Å²) in [7, 11) is 0. The minimum Gasteiger partial charge on any atom is -0.481 e. The first-order valence-corrected chi connectivity index (χ1v) is 4.98. The number of nitrogens with zero attached hydrogens (tertiary/aromatic N) is 3. The second kappa shape index (κ2) is 3.92. The Balaban J connectivity index is 2.20. The third-order valence-corrected chi connectivity index (χ3v) is 2.82. The van der Waals surface area contributed by atoms with Crippen LogP contribution in [-0.2, 0) is 17.8 Å². The largest absolute Gasteiger partial charge is 0.481 e. The number of aliphatic carboxylic acids is 1. The molecule has 0 fully saturated rings. The topological polar surface area (TPSA) is 98.3 Å². The van der Waals surface area contributed by atoms with Crippen LogP contribution in [0.25, 0.3) is 0 Å². The molecule has 0 saturated heterocycles. The van der Waals surface area contributed by atoms with Gasteiger partial charge in [-0.25, -0.2) is 0 Å². The highest BCUT2D eigenvalue weighted by atomic mass is 16.6. The first kappa shape index (κ1) is 10.6. The van der Waals surface area contributed by atoms with Crippen LogP contribution >= 0.6 is 0 Å². The SMILES string of the molecule is O=C(O)CC1CCn2cnc([N+](=O)[O-])c2C1. The number of hydrogen-bond donors (Lipinski definition) is 1. The molecule has 1 aromatic heterocycles. The molecule has 1 atom stereocenters. The molecule has 1 N–H and O–H groups in total. The quantitative estimate of drug-likeness (QED) is 0.606. The summed E-state index contributed by atoms with van der Waals surface area (Å²) in [6, 6.07) is 0. The Bertz CT molecular complexity index is 440. The van der Waals surface area contributed by atoms with E-state index in [0.29, 0.717) is 18.7 Å². The minimum absolute atomic E-state index is 0.0274. The Morgan fingerprint density at radius 3 is 3.12 bits per heavy atom. The molecule has 0 spiro atoms. The number of carboxylic acid groups (broad SMARTS) is 1. The molecule has 7 nitrogen and oxygen atoms in total. The lowest BCUT2D eigenvalue weighted by Crippen LogP contribution is -2.21. The Hall–Kier alpha value is -1.92. The van der Waals surface area contributed by atoms with Gasteiger partial charge in [-0.1, -0.05) is 0 Å².